The van der Waals surface area contributed by atoms with Gasteiger partial charge in [0.25, 0.3) is 0 Å². The highest BCUT2D eigenvalue weighted by Gasteiger charge is 2.22. The number of rotatable bonds is 8. The Morgan fingerprint density at radius 2 is 2.08 bits per heavy atom. The van der Waals surface area contributed by atoms with Gasteiger partial charge in [-0.3, -0.25) is 9.00 Å². The third-order valence-corrected chi connectivity index (χ3v) is 6.47. The van der Waals surface area contributed by atoms with E-state index in [4.69, 9.17) is 0 Å². The molecule has 2 aliphatic rings. The van der Waals surface area contributed by atoms with Crippen LogP contribution < -0.4 is 10.2 Å². The fourth-order valence-electron chi connectivity index (χ4n) is 3.54. The number of carbonyl (C=O) groups is 1. The van der Waals surface area contributed by atoms with E-state index in [9.17, 15) is 9.00 Å². The van der Waals surface area contributed by atoms with Crippen LogP contribution in [0.25, 0.3) is 0 Å². The Morgan fingerprint density at radius 1 is 1.20 bits per heavy atom. The van der Waals surface area contributed by atoms with E-state index in [0.29, 0.717) is 11.8 Å². The number of nitrogens with zero attached hydrogens (tertiary/aromatic N) is 2. The van der Waals surface area contributed by atoms with Gasteiger partial charge in [-0.15, -0.1) is 0 Å². The normalized spacial score (nSPS) is 20.2. The van der Waals surface area contributed by atoms with Crippen LogP contribution in [-0.2, 0) is 22.0 Å². The quantitative estimate of drug-likeness (QED) is 0.719. The average molecular weight is 364 g/mol. The fourth-order valence-corrected chi connectivity index (χ4v) is 4.91. The van der Waals surface area contributed by atoms with Crippen LogP contribution in [0.4, 0.5) is 5.69 Å². The number of amides is 1. The van der Waals surface area contributed by atoms with Gasteiger partial charge in [0.05, 0.1) is 27.3 Å². The van der Waals surface area contributed by atoms with Crippen LogP contribution >= 0.6 is 0 Å². The van der Waals surface area contributed by atoms with Crippen molar-refractivity contribution in [2.45, 2.75) is 43.4 Å². The zero-order valence-corrected chi connectivity index (χ0v) is 15.9. The van der Waals surface area contributed by atoms with Crippen molar-refractivity contribution in [2.75, 3.05) is 44.0 Å². The average Bonchev–Trinajstić information content (AvgIpc) is 2.89. The number of anilines is 1. The second kappa shape index (κ2) is 8.81. The van der Waals surface area contributed by atoms with Crippen molar-refractivity contribution in [1.29, 1.82) is 0 Å². The van der Waals surface area contributed by atoms with Crippen LogP contribution in [0.3, 0.4) is 0 Å². The number of nitrogens with one attached hydrogen (secondary N) is 1. The lowest BCUT2D eigenvalue weighted by Crippen LogP contribution is -2.36. The molecule has 1 aromatic carbocycles. The number of piperidine rings is 1. The standard InChI is InChI=1S/C19H29N3O2S/c1-21-15-25(24)18-14-16(7-8-17(18)21)9-11-20-10-3-5-13-22-12-4-2-6-19(22)23/h7-8,14,20H,2-6,9-13,15H2,1H3. The van der Waals surface area contributed by atoms with Crippen molar-refractivity contribution in [3.05, 3.63) is 23.8 Å². The molecule has 25 heavy (non-hydrogen) atoms. The number of likely N-dealkylation sites (tertiary alicyclic amines) is 1. The van der Waals surface area contributed by atoms with E-state index in [0.717, 1.165) is 75.3 Å². The smallest absolute Gasteiger partial charge is 0.222 e. The van der Waals surface area contributed by atoms with E-state index in [1.807, 2.05) is 11.9 Å². The maximum Gasteiger partial charge on any atom is 0.222 e. The first-order valence-corrected chi connectivity index (χ1v) is 10.7. The lowest BCUT2D eigenvalue weighted by Gasteiger charge is -2.26. The number of hydrogen-bond acceptors (Lipinski definition) is 4. The zero-order chi connectivity index (χ0) is 17.6. The van der Waals surface area contributed by atoms with Gasteiger partial charge in [-0.2, -0.15) is 0 Å². The molecule has 2 aliphatic heterocycles. The van der Waals surface area contributed by atoms with Crippen LogP contribution in [0.1, 0.15) is 37.7 Å². The van der Waals surface area contributed by atoms with Crippen LogP contribution in [-0.4, -0.2) is 54.1 Å². The number of hydrogen-bond donors (Lipinski definition) is 1. The molecular formula is C19H29N3O2S. The van der Waals surface area contributed by atoms with E-state index in [1.54, 1.807) is 0 Å². The van der Waals surface area contributed by atoms with Gasteiger partial charge in [0.2, 0.25) is 5.91 Å². The summed E-state index contributed by atoms with van der Waals surface area (Å²) in [5, 5.41) is 3.48. The van der Waals surface area contributed by atoms with E-state index in [2.05, 4.69) is 28.4 Å². The highest BCUT2D eigenvalue weighted by atomic mass is 32.2. The highest BCUT2D eigenvalue weighted by molar-refractivity contribution is 7.85. The molecule has 3 rings (SSSR count). The molecule has 0 spiro atoms. The van der Waals surface area contributed by atoms with Crippen LogP contribution in [0.5, 0.6) is 0 Å². The first-order chi connectivity index (χ1) is 12.1. The SMILES string of the molecule is CN1CS(=O)c2cc(CCNCCCCN3CCCCC3=O)ccc21. The highest BCUT2D eigenvalue weighted by Crippen LogP contribution is 2.30. The Morgan fingerprint density at radius 3 is 2.92 bits per heavy atom. The lowest BCUT2D eigenvalue weighted by atomic mass is 10.1. The molecule has 5 nitrogen and oxygen atoms in total. The summed E-state index contributed by atoms with van der Waals surface area (Å²) in [4.78, 5) is 16.8. The van der Waals surface area contributed by atoms with Crippen molar-refractivity contribution in [1.82, 2.24) is 10.2 Å². The van der Waals surface area contributed by atoms with Gasteiger partial charge in [0.1, 0.15) is 0 Å². The van der Waals surface area contributed by atoms with Crippen molar-refractivity contribution in [3.63, 3.8) is 0 Å². The molecule has 138 valence electrons. The first-order valence-electron chi connectivity index (χ1n) is 9.36. The van der Waals surface area contributed by atoms with Gasteiger partial charge < -0.3 is 15.1 Å². The second-order valence-corrected chi connectivity index (χ2v) is 8.41. The van der Waals surface area contributed by atoms with Crippen molar-refractivity contribution >= 4 is 22.4 Å². The summed E-state index contributed by atoms with van der Waals surface area (Å²) < 4.78 is 12.1. The lowest BCUT2D eigenvalue weighted by molar-refractivity contribution is -0.133. The summed E-state index contributed by atoms with van der Waals surface area (Å²) in [5.41, 5.74) is 2.34. The number of benzene rings is 1. The molecule has 1 amide bonds. The maximum atomic E-state index is 12.1. The molecule has 0 bridgehead atoms. The molecule has 6 heteroatoms. The van der Waals surface area contributed by atoms with Gasteiger partial charge >= 0.3 is 0 Å². The summed E-state index contributed by atoms with van der Waals surface area (Å²) in [6, 6.07) is 6.32. The molecule has 1 aromatic rings. The molecule has 1 fully saturated rings. The summed E-state index contributed by atoms with van der Waals surface area (Å²) in [6.07, 6.45) is 6.08. The summed E-state index contributed by atoms with van der Waals surface area (Å²) >= 11 is 0. The molecule has 1 atom stereocenters. The Kier molecular flexibility index (Phi) is 6.48. The predicted octanol–water partition coefficient (Wildman–Crippen LogP) is 2.13. The number of unbranched alkanes of at least 4 members (excludes halogenated alkanes) is 1. The van der Waals surface area contributed by atoms with Crippen molar-refractivity contribution in [3.8, 4) is 0 Å². The van der Waals surface area contributed by atoms with Crippen LogP contribution in [0, 0.1) is 0 Å². The number of carbonyl (C=O) groups excluding carboxylic acids is 1. The largest absolute Gasteiger partial charge is 0.361 e. The monoisotopic (exact) mass is 363 g/mol. The Bertz CT molecular complexity index is 635. The molecule has 1 saturated heterocycles. The van der Waals surface area contributed by atoms with Gasteiger partial charge in [0.15, 0.2) is 0 Å². The minimum atomic E-state index is -0.882. The second-order valence-electron chi connectivity index (χ2n) is 7.02. The Labute approximate surface area is 153 Å². The molecule has 1 N–H and O–H groups in total. The zero-order valence-electron chi connectivity index (χ0n) is 15.1. The van der Waals surface area contributed by atoms with Crippen molar-refractivity contribution in [2.24, 2.45) is 0 Å². The Balaban J connectivity index is 1.31. The minimum Gasteiger partial charge on any atom is -0.361 e. The molecule has 0 aromatic heterocycles. The maximum absolute atomic E-state index is 12.1. The van der Waals surface area contributed by atoms with Gasteiger partial charge in [-0.1, -0.05) is 6.07 Å². The van der Waals surface area contributed by atoms with Crippen molar-refractivity contribution < 1.29 is 9.00 Å². The first kappa shape index (κ1) is 18.4. The van der Waals surface area contributed by atoms with E-state index in [-0.39, 0.29) is 0 Å². The van der Waals surface area contributed by atoms with Crippen LogP contribution in [0.15, 0.2) is 23.1 Å². The molecule has 1 unspecified atom stereocenters. The molecule has 2 heterocycles. The minimum absolute atomic E-state index is 0.332. The topological polar surface area (TPSA) is 52.7 Å². The molecule has 0 saturated carbocycles. The van der Waals surface area contributed by atoms with Gasteiger partial charge in [0, 0.05) is 26.6 Å². The third-order valence-electron chi connectivity index (χ3n) is 5.04. The molecular weight excluding hydrogens is 334 g/mol. The third kappa shape index (κ3) is 4.82. The van der Waals surface area contributed by atoms with Gasteiger partial charge in [-0.25, -0.2) is 0 Å². The molecule has 0 radical (unpaired) electrons. The number of fused-ring (bicyclic) bond motifs is 1. The summed E-state index contributed by atoms with van der Waals surface area (Å²) in [6.45, 7) is 3.78. The summed E-state index contributed by atoms with van der Waals surface area (Å²) in [7, 11) is 1.11. The van der Waals surface area contributed by atoms with E-state index >= 15 is 0 Å². The predicted molar refractivity (Wildman–Crippen MR) is 102 cm³/mol. The van der Waals surface area contributed by atoms with Gasteiger partial charge in [-0.05, 0) is 62.9 Å². The fraction of sp³-hybridized carbons (Fsp3) is 0.632. The van der Waals surface area contributed by atoms with E-state index in [1.165, 1.54) is 5.56 Å². The van der Waals surface area contributed by atoms with E-state index < -0.39 is 10.8 Å². The van der Waals surface area contributed by atoms with Crippen LogP contribution in [0.2, 0.25) is 0 Å². The molecule has 0 aliphatic carbocycles. The Hall–Kier alpha value is -1.40. The summed E-state index contributed by atoms with van der Waals surface area (Å²) in [5.74, 6) is 0.940.